The lowest BCUT2D eigenvalue weighted by molar-refractivity contribution is -0.151. The van der Waals surface area contributed by atoms with Gasteiger partial charge in [-0.25, -0.2) is 9.18 Å². The van der Waals surface area contributed by atoms with Crippen LogP contribution in [-0.2, 0) is 9.53 Å². The van der Waals surface area contributed by atoms with Crippen molar-refractivity contribution in [3.05, 3.63) is 65.5 Å². The first-order chi connectivity index (χ1) is 10.1. The molecular weight excluding hydrogens is 271 g/mol. The first kappa shape index (κ1) is 15.0. The number of rotatable bonds is 5. The summed E-state index contributed by atoms with van der Waals surface area (Å²) in [6.07, 6.45) is -0.911. The van der Waals surface area contributed by atoms with Crippen LogP contribution in [0.1, 0.15) is 24.2 Å². The number of hydrogen-bond donors (Lipinski definition) is 0. The molecule has 0 aromatic heterocycles. The van der Waals surface area contributed by atoms with Gasteiger partial charge < -0.3 is 9.47 Å². The molecule has 110 valence electrons. The number of ether oxygens (including phenoxy) is 2. The largest absolute Gasteiger partial charge is 0.474 e. The molecule has 0 aliphatic heterocycles. The van der Waals surface area contributed by atoms with Crippen molar-refractivity contribution in [1.29, 1.82) is 0 Å². The normalized spacial score (nSPS) is 11.8. The van der Waals surface area contributed by atoms with Crippen molar-refractivity contribution in [3.63, 3.8) is 0 Å². The van der Waals surface area contributed by atoms with E-state index in [0.29, 0.717) is 11.3 Å². The zero-order valence-corrected chi connectivity index (χ0v) is 12.0. The average molecular weight is 288 g/mol. The predicted octanol–water partition coefficient (Wildman–Crippen LogP) is 3.82. The molecule has 0 N–H and O–H groups in total. The van der Waals surface area contributed by atoms with Gasteiger partial charge in [0, 0.05) is 11.6 Å². The fraction of sp³-hybridized carbons (Fsp3) is 0.235. The Morgan fingerprint density at radius 3 is 2.57 bits per heavy atom. The molecule has 1 unspecified atom stereocenters. The second-order valence-corrected chi connectivity index (χ2v) is 4.57. The zero-order chi connectivity index (χ0) is 15.2. The van der Waals surface area contributed by atoms with Gasteiger partial charge in [-0.15, -0.1) is 0 Å². The number of carbonyl (C=O) groups is 1. The van der Waals surface area contributed by atoms with Crippen LogP contribution in [0.25, 0.3) is 0 Å². The summed E-state index contributed by atoms with van der Waals surface area (Å²) in [7, 11) is 0. The summed E-state index contributed by atoms with van der Waals surface area (Å²) in [5, 5.41) is 0. The van der Waals surface area contributed by atoms with Crippen LogP contribution >= 0.6 is 0 Å². The van der Waals surface area contributed by atoms with E-state index in [4.69, 9.17) is 9.47 Å². The van der Waals surface area contributed by atoms with Crippen LogP contribution < -0.4 is 4.74 Å². The van der Waals surface area contributed by atoms with Gasteiger partial charge in [-0.2, -0.15) is 0 Å². The summed E-state index contributed by atoms with van der Waals surface area (Å²) >= 11 is 0. The average Bonchev–Trinajstić information content (AvgIpc) is 2.49. The molecule has 0 aliphatic carbocycles. The molecule has 0 saturated heterocycles. The topological polar surface area (TPSA) is 35.5 Å². The highest BCUT2D eigenvalue weighted by Gasteiger charge is 2.24. The molecule has 0 spiro atoms. The predicted molar refractivity (Wildman–Crippen MR) is 77.6 cm³/mol. The van der Waals surface area contributed by atoms with Gasteiger partial charge in [0.15, 0.2) is 0 Å². The number of hydrogen-bond acceptors (Lipinski definition) is 3. The molecule has 3 nitrogen and oxygen atoms in total. The smallest absolute Gasteiger partial charge is 0.352 e. The molecule has 0 radical (unpaired) electrons. The molecule has 0 amide bonds. The number of aryl methyl sites for hydroxylation is 1. The van der Waals surface area contributed by atoms with Crippen LogP contribution in [-0.4, -0.2) is 12.6 Å². The van der Waals surface area contributed by atoms with Gasteiger partial charge in [-0.05, 0) is 25.5 Å². The minimum absolute atomic E-state index is 0.258. The number of benzene rings is 2. The minimum Gasteiger partial charge on any atom is -0.474 e. The molecule has 2 aromatic rings. The maximum absolute atomic E-state index is 13.4. The molecule has 0 saturated carbocycles. The van der Waals surface area contributed by atoms with E-state index in [1.54, 1.807) is 32.0 Å². The van der Waals surface area contributed by atoms with E-state index in [2.05, 4.69) is 0 Å². The van der Waals surface area contributed by atoms with Gasteiger partial charge in [0.05, 0.1) is 6.61 Å². The molecular formula is C17H17FO3. The molecule has 0 bridgehead atoms. The van der Waals surface area contributed by atoms with E-state index in [-0.39, 0.29) is 6.61 Å². The second kappa shape index (κ2) is 6.88. The Labute approximate surface area is 123 Å². The third-order valence-corrected chi connectivity index (χ3v) is 3.00. The Morgan fingerprint density at radius 2 is 1.90 bits per heavy atom. The quantitative estimate of drug-likeness (QED) is 0.785. The molecule has 0 aliphatic rings. The Bertz CT molecular complexity index is 611. The Balaban J connectivity index is 2.32. The lowest BCUT2D eigenvalue weighted by atomic mass is 10.1. The summed E-state index contributed by atoms with van der Waals surface area (Å²) < 4.78 is 24.1. The van der Waals surface area contributed by atoms with Crippen LogP contribution in [0.15, 0.2) is 48.5 Å². The highest BCUT2D eigenvalue weighted by Crippen LogP contribution is 2.26. The highest BCUT2D eigenvalue weighted by molar-refractivity contribution is 5.77. The van der Waals surface area contributed by atoms with Gasteiger partial charge in [-0.1, -0.05) is 36.4 Å². The standard InChI is InChI=1S/C17H17FO3/c1-3-20-17(19)16(13-7-5-4-6-8-13)21-15-11-14(18)10-9-12(15)2/h4-11,16H,3H2,1-2H3. The second-order valence-electron chi connectivity index (χ2n) is 4.57. The maximum Gasteiger partial charge on any atom is 0.352 e. The molecule has 21 heavy (non-hydrogen) atoms. The summed E-state index contributed by atoms with van der Waals surface area (Å²) in [5.41, 5.74) is 1.42. The van der Waals surface area contributed by atoms with E-state index < -0.39 is 17.9 Å². The van der Waals surface area contributed by atoms with Crippen molar-refractivity contribution in [2.24, 2.45) is 0 Å². The van der Waals surface area contributed by atoms with Crippen LogP contribution in [0.4, 0.5) is 4.39 Å². The fourth-order valence-electron chi connectivity index (χ4n) is 1.93. The van der Waals surface area contributed by atoms with Crippen molar-refractivity contribution in [1.82, 2.24) is 0 Å². The SMILES string of the molecule is CCOC(=O)C(Oc1cc(F)ccc1C)c1ccccc1. The Morgan fingerprint density at radius 1 is 1.19 bits per heavy atom. The van der Waals surface area contributed by atoms with Gasteiger partial charge in [0.1, 0.15) is 11.6 Å². The van der Waals surface area contributed by atoms with Gasteiger partial charge in [0.25, 0.3) is 0 Å². The fourth-order valence-corrected chi connectivity index (χ4v) is 1.93. The van der Waals surface area contributed by atoms with Crippen molar-refractivity contribution in [2.45, 2.75) is 20.0 Å². The molecule has 2 rings (SSSR count). The Kier molecular flexibility index (Phi) is 4.93. The van der Waals surface area contributed by atoms with Gasteiger partial charge >= 0.3 is 5.97 Å². The summed E-state index contributed by atoms with van der Waals surface area (Å²) in [4.78, 5) is 12.1. The van der Waals surface area contributed by atoms with E-state index in [0.717, 1.165) is 5.56 Å². The van der Waals surface area contributed by atoms with Crippen molar-refractivity contribution >= 4 is 5.97 Å². The Hall–Kier alpha value is -2.36. The van der Waals surface area contributed by atoms with Crippen LogP contribution in [0.2, 0.25) is 0 Å². The van der Waals surface area contributed by atoms with Crippen molar-refractivity contribution in [2.75, 3.05) is 6.61 Å². The lowest BCUT2D eigenvalue weighted by Crippen LogP contribution is -2.21. The number of carbonyl (C=O) groups excluding carboxylic acids is 1. The van der Waals surface area contributed by atoms with Gasteiger partial charge in [0.2, 0.25) is 6.10 Å². The summed E-state index contributed by atoms with van der Waals surface area (Å²) in [5.74, 6) is -0.574. The van der Waals surface area contributed by atoms with Gasteiger partial charge in [-0.3, -0.25) is 0 Å². The molecule has 4 heteroatoms. The zero-order valence-electron chi connectivity index (χ0n) is 12.0. The molecule has 2 aromatic carbocycles. The highest BCUT2D eigenvalue weighted by atomic mass is 19.1. The molecule has 0 fully saturated rings. The van der Waals surface area contributed by atoms with E-state index in [9.17, 15) is 9.18 Å². The van der Waals surface area contributed by atoms with E-state index in [1.165, 1.54) is 12.1 Å². The van der Waals surface area contributed by atoms with Crippen molar-refractivity contribution < 1.29 is 18.7 Å². The first-order valence-corrected chi connectivity index (χ1v) is 6.76. The maximum atomic E-state index is 13.4. The third kappa shape index (κ3) is 3.81. The summed E-state index contributed by atoms with van der Waals surface area (Å²) in [6, 6.07) is 13.2. The van der Waals surface area contributed by atoms with Crippen LogP contribution in [0.5, 0.6) is 5.75 Å². The van der Waals surface area contributed by atoms with Crippen LogP contribution in [0.3, 0.4) is 0 Å². The van der Waals surface area contributed by atoms with E-state index >= 15 is 0 Å². The monoisotopic (exact) mass is 288 g/mol. The number of halogens is 1. The molecule has 1 atom stereocenters. The van der Waals surface area contributed by atoms with Crippen LogP contribution in [0, 0.1) is 12.7 Å². The first-order valence-electron chi connectivity index (χ1n) is 6.76. The molecule has 0 heterocycles. The number of esters is 1. The van der Waals surface area contributed by atoms with E-state index in [1.807, 2.05) is 18.2 Å². The lowest BCUT2D eigenvalue weighted by Gasteiger charge is -2.19. The van der Waals surface area contributed by atoms with Crippen molar-refractivity contribution in [3.8, 4) is 5.75 Å². The third-order valence-electron chi connectivity index (χ3n) is 3.00. The minimum atomic E-state index is -0.911. The summed E-state index contributed by atoms with van der Waals surface area (Å²) in [6.45, 7) is 3.78.